The first-order valence-electron chi connectivity index (χ1n) is 6.28. The van der Waals surface area contributed by atoms with Crippen molar-refractivity contribution in [3.8, 4) is 0 Å². The molecular formula is C15H18O2. The summed E-state index contributed by atoms with van der Waals surface area (Å²) in [6.45, 7) is 2.16. The summed E-state index contributed by atoms with van der Waals surface area (Å²) in [6, 6.07) is 9.25. The third-order valence-electron chi connectivity index (χ3n) is 3.55. The van der Waals surface area contributed by atoms with Crippen LogP contribution < -0.4 is 0 Å². The van der Waals surface area contributed by atoms with Gasteiger partial charge in [-0.2, -0.15) is 0 Å². The zero-order chi connectivity index (χ0) is 12.3. The second-order valence-electron chi connectivity index (χ2n) is 5.04. The second-order valence-corrected chi connectivity index (χ2v) is 5.04. The van der Waals surface area contributed by atoms with Crippen molar-refractivity contribution in [2.45, 2.75) is 32.6 Å². The SMILES string of the molecule is C[C@@H]1CCC(=O)[C@@H](CC(=O)c2ccccc2)C1. The van der Waals surface area contributed by atoms with E-state index in [2.05, 4.69) is 6.92 Å². The summed E-state index contributed by atoms with van der Waals surface area (Å²) in [5, 5.41) is 0. The van der Waals surface area contributed by atoms with Crippen LogP contribution in [-0.2, 0) is 4.79 Å². The van der Waals surface area contributed by atoms with Crippen LogP contribution in [0.25, 0.3) is 0 Å². The molecule has 0 heterocycles. The van der Waals surface area contributed by atoms with Crippen molar-refractivity contribution in [1.82, 2.24) is 0 Å². The highest BCUT2D eigenvalue weighted by molar-refractivity contribution is 5.98. The maximum Gasteiger partial charge on any atom is 0.163 e. The van der Waals surface area contributed by atoms with Crippen LogP contribution in [0.15, 0.2) is 30.3 Å². The van der Waals surface area contributed by atoms with E-state index in [9.17, 15) is 9.59 Å². The van der Waals surface area contributed by atoms with Crippen LogP contribution in [0.4, 0.5) is 0 Å². The van der Waals surface area contributed by atoms with Gasteiger partial charge in [0.1, 0.15) is 5.78 Å². The van der Waals surface area contributed by atoms with E-state index in [-0.39, 0.29) is 17.5 Å². The smallest absolute Gasteiger partial charge is 0.163 e. The van der Waals surface area contributed by atoms with Gasteiger partial charge in [-0.15, -0.1) is 0 Å². The third-order valence-corrected chi connectivity index (χ3v) is 3.55. The molecule has 0 aliphatic heterocycles. The Morgan fingerprint density at radius 3 is 2.71 bits per heavy atom. The van der Waals surface area contributed by atoms with E-state index in [0.717, 1.165) is 18.4 Å². The van der Waals surface area contributed by atoms with Gasteiger partial charge in [0.15, 0.2) is 5.78 Å². The molecule has 1 saturated carbocycles. The molecule has 0 bridgehead atoms. The molecule has 17 heavy (non-hydrogen) atoms. The number of rotatable bonds is 3. The van der Waals surface area contributed by atoms with Crippen molar-refractivity contribution in [3.63, 3.8) is 0 Å². The maximum atomic E-state index is 12.0. The zero-order valence-corrected chi connectivity index (χ0v) is 10.2. The normalized spacial score (nSPS) is 24.6. The van der Waals surface area contributed by atoms with E-state index in [1.807, 2.05) is 30.3 Å². The van der Waals surface area contributed by atoms with Crippen molar-refractivity contribution in [2.24, 2.45) is 11.8 Å². The molecule has 2 nitrogen and oxygen atoms in total. The molecule has 2 rings (SSSR count). The lowest BCUT2D eigenvalue weighted by Crippen LogP contribution is -2.25. The highest BCUT2D eigenvalue weighted by Crippen LogP contribution is 2.29. The van der Waals surface area contributed by atoms with Crippen molar-refractivity contribution < 1.29 is 9.59 Å². The fraction of sp³-hybridized carbons (Fsp3) is 0.467. The molecular weight excluding hydrogens is 212 g/mol. The average molecular weight is 230 g/mol. The lowest BCUT2D eigenvalue weighted by Gasteiger charge is -2.24. The molecule has 0 spiro atoms. The van der Waals surface area contributed by atoms with E-state index in [4.69, 9.17) is 0 Å². The van der Waals surface area contributed by atoms with Gasteiger partial charge in [0.05, 0.1) is 0 Å². The quantitative estimate of drug-likeness (QED) is 0.747. The zero-order valence-electron chi connectivity index (χ0n) is 10.2. The van der Waals surface area contributed by atoms with Crippen LogP contribution in [0.2, 0.25) is 0 Å². The third kappa shape index (κ3) is 3.02. The van der Waals surface area contributed by atoms with E-state index >= 15 is 0 Å². The molecule has 90 valence electrons. The summed E-state index contributed by atoms with van der Waals surface area (Å²) >= 11 is 0. The Kier molecular flexibility index (Phi) is 3.72. The van der Waals surface area contributed by atoms with E-state index in [0.29, 0.717) is 18.8 Å². The minimum atomic E-state index is -0.0496. The minimum absolute atomic E-state index is 0.0496. The lowest BCUT2D eigenvalue weighted by molar-refractivity contribution is -0.125. The van der Waals surface area contributed by atoms with Gasteiger partial charge in [0, 0.05) is 24.3 Å². The molecule has 2 atom stereocenters. The Morgan fingerprint density at radius 1 is 1.29 bits per heavy atom. The molecule has 0 radical (unpaired) electrons. The summed E-state index contributed by atoms with van der Waals surface area (Å²) < 4.78 is 0. The van der Waals surface area contributed by atoms with Crippen molar-refractivity contribution in [3.05, 3.63) is 35.9 Å². The van der Waals surface area contributed by atoms with Crippen molar-refractivity contribution in [2.75, 3.05) is 0 Å². The number of hydrogen-bond donors (Lipinski definition) is 0. The molecule has 0 saturated heterocycles. The van der Waals surface area contributed by atoms with Gasteiger partial charge in [-0.3, -0.25) is 9.59 Å². The van der Waals surface area contributed by atoms with E-state index in [1.54, 1.807) is 0 Å². The molecule has 2 heteroatoms. The predicted molar refractivity (Wildman–Crippen MR) is 66.9 cm³/mol. The Balaban J connectivity index is 2.01. The Morgan fingerprint density at radius 2 is 2.00 bits per heavy atom. The van der Waals surface area contributed by atoms with Gasteiger partial charge < -0.3 is 0 Å². The van der Waals surface area contributed by atoms with Gasteiger partial charge in [-0.1, -0.05) is 37.3 Å². The largest absolute Gasteiger partial charge is 0.299 e. The standard InChI is InChI=1S/C15H18O2/c1-11-7-8-14(16)13(9-11)10-15(17)12-5-3-2-4-6-12/h2-6,11,13H,7-10H2,1H3/t11-,13-/m1/s1. The van der Waals surface area contributed by atoms with Crippen LogP contribution in [-0.4, -0.2) is 11.6 Å². The fourth-order valence-electron chi connectivity index (χ4n) is 2.49. The predicted octanol–water partition coefficient (Wildman–Crippen LogP) is 3.26. The van der Waals surface area contributed by atoms with Crippen LogP contribution in [0.3, 0.4) is 0 Å². The molecule has 1 aromatic rings. The van der Waals surface area contributed by atoms with Crippen LogP contribution in [0.5, 0.6) is 0 Å². The lowest BCUT2D eigenvalue weighted by atomic mass is 9.78. The molecule has 1 fully saturated rings. The number of ketones is 2. The Hall–Kier alpha value is -1.44. The van der Waals surface area contributed by atoms with Gasteiger partial charge in [-0.25, -0.2) is 0 Å². The van der Waals surface area contributed by atoms with Gasteiger partial charge in [0.25, 0.3) is 0 Å². The van der Waals surface area contributed by atoms with Gasteiger partial charge in [-0.05, 0) is 18.8 Å². The summed E-state index contributed by atoms with van der Waals surface area (Å²) in [6.07, 6.45) is 2.88. The first-order valence-corrected chi connectivity index (χ1v) is 6.28. The van der Waals surface area contributed by atoms with Crippen molar-refractivity contribution >= 4 is 11.6 Å². The first-order chi connectivity index (χ1) is 8.16. The number of carbonyl (C=O) groups is 2. The van der Waals surface area contributed by atoms with Gasteiger partial charge in [0.2, 0.25) is 0 Å². The monoisotopic (exact) mass is 230 g/mol. The number of benzene rings is 1. The molecule has 0 unspecified atom stereocenters. The summed E-state index contributed by atoms with van der Waals surface area (Å²) in [4.78, 5) is 23.8. The fourth-order valence-corrected chi connectivity index (χ4v) is 2.49. The number of carbonyl (C=O) groups excluding carboxylic acids is 2. The van der Waals surface area contributed by atoms with Gasteiger partial charge >= 0.3 is 0 Å². The molecule has 1 aromatic carbocycles. The molecule has 0 N–H and O–H groups in total. The molecule has 1 aliphatic carbocycles. The summed E-state index contributed by atoms with van der Waals surface area (Å²) in [5.74, 6) is 0.887. The number of hydrogen-bond acceptors (Lipinski definition) is 2. The maximum absolute atomic E-state index is 12.0. The Labute approximate surface area is 102 Å². The van der Waals surface area contributed by atoms with E-state index in [1.165, 1.54) is 0 Å². The first kappa shape index (κ1) is 12.0. The topological polar surface area (TPSA) is 34.1 Å². The van der Waals surface area contributed by atoms with Crippen LogP contribution >= 0.6 is 0 Å². The van der Waals surface area contributed by atoms with Crippen LogP contribution in [0.1, 0.15) is 43.0 Å². The second kappa shape index (κ2) is 5.26. The molecule has 0 amide bonds. The number of Topliss-reactive ketones (excluding diaryl/α,β-unsaturated/α-hetero) is 2. The highest BCUT2D eigenvalue weighted by atomic mass is 16.1. The van der Waals surface area contributed by atoms with Crippen LogP contribution in [0, 0.1) is 11.8 Å². The minimum Gasteiger partial charge on any atom is -0.299 e. The summed E-state index contributed by atoms with van der Waals surface area (Å²) in [5.41, 5.74) is 0.721. The van der Waals surface area contributed by atoms with E-state index < -0.39 is 0 Å². The highest BCUT2D eigenvalue weighted by Gasteiger charge is 2.28. The Bertz CT molecular complexity index is 408. The molecule has 1 aliphatic rings. The summed E-state index contributed by atoms with van der Waals surface area (Å²) in [7, 11) is 0. The van der Waals surface area contributed by atoms with Crippen molar-refractivity contribution in [1.29, 1.82) is 0 Å². The molecule has 0 aromatic heterocycles. The average Bonchev–Trinajstić information content (AvgIpc) is 2.35.